The van der Waals surface area contributed by atoms with E-state index in [2.05, 4.69) is 36.2 Å². The Hall–Kier alpha value is -1.06. The fraction of sp³-hybridized carbons (Fsp3) is 0.562. The summed E-state index contributed by atoms with van der Waals surface area (Å²) in [6.45, 7) is 1.00. The summed E-state index contributed by atoms with van der Waals surface area (Å²) >= 11 is 0. The van der Waals surface area contributed by atoms with Gasteiger partial charge in [-0.1, -0.05) is 24.3 Å². The summed E-state index contributed by atoms with van der Waals surface area (Å²) < 4.78 is 0. The molecule has 1 aliphatic carbocycles. The maximum atomic E-state index is 10.5. The minimum absolute atomic E-state index is 0. The van der Waals surface area contributed by atoms with E-state index in [9.17, 15) is 4.79 Å². The molecule has 2 rings (SSSR count). The van der Waals surface area contributed by atoms with Crippen molar-refractivity contribution in [3.05, 3.63) is 35.4 Å². The Balaban J connectivity index is 0.00000200. The maximum Gasteiger partial charge on any atom is 0.303 e. The lowest BCUT2D eigenvalue weighted by molar-refractivity contribution is -0.137. The van der Waals surface area contributed by atoms with Crippen molar-refractivity contribution in [3.63, 3.8) is 0 Å². The molecule has 1 unspecified atom stereocenters. The Morgan fingerprint density at radius 3 is 2.70 bits per heavy atom. The van der Waals surface area contributed by atoms with Gasteiger partial charge in [0.05, 0.1) is 0 Å². The average molecular weight is 298 g/mol. The van der Waals surface area contributed by atoms with E-state index in [1.165, 1.54) is 24.0 Å². The van der Waals surface area contributed by atoms with Crippen molar-refractivity contribution in [2.24, 2.45) is 0 Å². The van der Waals surface area contributed by atoms with Crippen LogP contribution in [0.4, 0.5) is 0 Å². The van der Waals surface area contributed by atoms with Crippen LogP contribution in [0, 0.1) is 0 Å². The lowest BCUT2D eigenvalue weighted by Crippen LogP contribution is -2.37. The molecule has 1 atom stereocenters. The molecule has 0 saturated heterocycles. The minimum Gasteiger partial charge on any atom is -0.481 e. The zero-order chi connectivity index (χ0) is 13.7. The summed E-state index contributed by atoms with van der Waals surface area (Å²) in [5.74, 6) is -0.686. The van der Waals surface area contributed by atoms with E-state index >= 15 is 0 Å². The number of rotatable bonds is 6. The van der Waals surface area contributed by atoms with Crippen molar-refractivity contribution in [1.29, 1.82) is 0 Å². The third-order valence-electron chi connectivity index (χ3n) is 4.10. The van der Waals surface area contributed by atoms with Crippen LogP contribution in [0.1, 0.15) is 36.8 Å². The van der Waals surface area contributed by atoms with E-state index in [-0.39, 0.29) is 12.4 Å². The predicted molar refractivity (Wildman–Crippen MR) is 83.6 cm³/mol. The Kier molecular flexibility index (Phi) is 7.03. The molecule has 0 fully saturated rings. The summed E-state index contributed by atoms with van der Waals surface area (Å²) in [6, 6.07) is 9.32. The van der Waals surface area contributed by atoms with Crippen molar-refractivity contribution in [2.75, 3.05) is 13.6 Å². The fourth-order valence-electron chi connectivity index (χ4n) is 2.87. The Bertz CT molecular complexity index is 436. The van der Waals surface area contributed by atoms with Crippen LogP contribution in [-0.4, -0.2) is 35.6 Å². The van der Waals surface area contributed by atoms with Crippen LogP contribution >= 0.6 is 12.4 Å². The van der Waals surface area contributed by atoms with Gasteiger partial charge in [-0.2, -0.15) is 0 Å². The van der Waals surface area contributed by atoms with Gasteiger partial charge in [0.1, 0.15) is 0 Å². The highest BCUT2D eigenvalue weighted by Crippen LogP contribution is 2.23. The molecule has 112 valence electrons. The monoisotopic (exact) mass is 297 g/mol. The van der Waals surface area contributed by atoms with Crippen molar-refractivity contribution in [1.82, 2.24) is 4.90 Å². The largest absolute Gasteiger partial charge is 0.481 e. The molecule has 1 aliphatic rings. The van der Waals surface area contributed by atoms with Gasteiger partial charge in [0.25, 0.3) is 0 Å². The molecule has 1 N–H and O–H groups in total. The first kappa shape index (κ1) is 17.0. The van der Waals surface area contributed by atoms with Crippen LogP contribution in [-0.2, 0) is 17.6 Å². The van der Waals surface area contributed by atoms with E-state index in [1.807, 2.05) is 0 Å². The number of aliphatic carboxylic acids is 1. The number of fused-ring (bicyclic) bond motifs is 1. The SMILES string of the molecule is CN(CCCCC(=O)O)C1CCc2ccccc2C1.Cl. The average Bonchev–Trinajstić information content (AvgIpc) is 2.42. The first-order valence-corrected chi connectivity index (χ1v) is 7.15. The van der Waals surface area contributed by atoms with Gasteiger partial charge in [0.15, 0.2) is 0 Å². The Morgan fingerprint density at radius 2 is 2.00 bits per heavy atom. The molecule has 0 aromatic heterocycles. The topological polar surface area (TPSA) is 40.5 Å². The molecule has 1 aromatic carbocycles. The Morgan fingerprint density at radius 1 is 1.30 bits per heavy atom. The van der Waals surface area contributed by atoms with Gasteiger partial charge in [-0.25, -0.2) is 0 Å². The summed E-state index contributed by atoms with van der Waals surface area (Å²) in [5.41, 5.74) is 2.98. The molecule has 0 bridgehead atoms. The normalized spacial score (nSPS) is 17.4. The van der Waals surface area contributed by atoms with Crippen molar-refractivity contribution in [3.8, 4) is 0 Å². The third-order valence-corrected chi connectivity index (χ3v) is 4.10. The molecular weight excluding hydrogens is 274 g/mol. The Labute approximate surface area is 127 Å². The summed E-state index contributed by atoms with van der Waals surface area (Å²) in [6.07, 6.45) is 5.56. The van der Waals surface area contributed by atoms with E-state index in [4.69, 9.17) is 5.11 Å². The van der Waals surface area contributed by atoms with E-state index < -0.39 is 5.97 Å². The van der Waals surface area contributed by atoms with Gasteiger partial charge in [-0.3, -0.25) is 4.79 Å². The van der Waals surface area contributed by atoms with Crippen LogP contribution in [0.3, 0.4) is 0 Å². The number of aryl methyl sites for hydroxylation is 1. The number of unbranched alkanes of at least 4 members (excludes halogenated alkanes) is 1. The lowest BCUT2D eigenvalue weighted by Gasteiger charge is -2.32. The number of carboxylic acids is 1. The molecule has 0 saturated carbocycles. The first-order chi connectivity index (χ1) is 9.16. The number of carbonyl (C=O) groups is 1. The third kappa shape index (κ3) is 4.80. The molecule has 3 nitrogen and oxygen atoms in total. The van der Waals surface area contributed by atoms with Crippen LogP contribution in [0.2, 0.25) is 0 Å². The van der Waals surface area contributed by atoms with Gasteiger partial charge >= 0.3 is 5.97 Å². The molecule has 20 heavy (non-hydrogen) atoms. The van der Waals surface area contributed by atoms with Gasteiger partial charge in [0, 0.05) is 12.5 Å². The van der Waals surface area contributed by atoms with Crippen molar-refractivity contribution >= 4 is 18.4 Å². The van der Waals surface area contributed by atoms with Crippen molar-refractivity contribution < 1.29 is 9.90 Å². The minimum atomic E-state index is -0.686. The van der Waals surface area contributed by atoms with E-state index in [0.717, 1.165) is 25.8 Å². The van der Waals surface area contributed by atoms with E-state index in [1.54, 1.807) is 0 Å². The molecule has 1 aromatic rings. The zero-order valence-electron chi connectivity index (χ0n) is 12.0. The van der Waals surface area contributed by atoms with Crippen LogP contribution in [0.5, 0.6) is 0 Å². The molecule has 0 heterocycles. The second-order valence-corrected chi connectivity index (χ2v) is 5.50. The predicted octanol–water partition coefficient (Wildman–Crippen LogP) is 3.15. The summed E-state index contributed by atoms with van der Waals surface area (Å²) in [7, 11) is 2.17. The summed E-state index contributed by atoms with van der Waals surface area (Å²) in [4.78, 5) is 12.9. The standard InChI is InChI=1S/C16H23NO2.ClH/c1-17(11-5-4-8-16(18)19)15-10-9-13-6-2-3-7-14(13)12-15;/h2-3,6-7,15H,4-5,8-12H2,1H3,(H,18,19);1H. The summed E-state index contributed by atoms with van der Waals surface area (Å²) in [5, 5.41) is 8.62. The second-order valence-electron chi connectivity index (χ2n) is 5.50. The number of hydrogen-bond acceptors (Lipinski definition) is 2. The molecule has 4 heteroatoms. The van der Waals surface area contributed by atoms with Gasteiger partial charge in [-0.05, 0) is 56.8 Å². The van der Waals surface area contributed by atoms with Crippen LogP contribution in [0.25, 0.3) is 0 Å². The smallest absolute Gasteiger partial charge is 0.303 e. The number of hydrogen-bond donors (Lipinski definition) is 1. The number of carboxylic acid groups (broad SMARTS) is 1. The molecule has 0 spiro atoms. The second kappa shape index (κ2) is 8.28. The van der Waals surface area contributed by atoms with Gasteiger partial charge in [-0.15, -0.1) is 12.4 Å². The van der Waals surface area contributed by atoms with Gasteiger partial charge < -0.3 is 10.0 Å². The molecule has 0 radical (unpaired) electrons. The quantitative estimate of drug-likeness (QED) is 0.820. The lowest BCUT2D eigenvalue weighted by atomic mass is 9.87. The number of benzene rings is 1. The highest BCUT2D eigenvalue weighted by molar-refractivity contribution is 5.85. The highest BCUT2D eigenvalue weighted by atomic mass is 35.5. The van der Waals surface area contributed by atoms with Crippen LogP contribution in [0.15, 0.2) is 24.3 Å². The maximum absolute atomic E-state index is 10.5. The van der Waals surface area contributed by atoms with Crippen molar-refractivity contribution in [2.45, 2.75) is 44.6 Å². The number of halogens is 1. The zero-order valence-corrected chi connectivity index (χ0v) is 12.9. The van der Waals surface area contributed by atoms with Gasteiger partial charge in [0.2, 0.25) is 0 Å². The molecule has 0 amide bonds. The molecule has 0 aliphatic heterocycles. The highest BCUT2D eigenvalue weighted by Gasteiger charge is 2.21. The molecular formula is C16H24ClNO2. The fourth-order valence-corrected chi connectivity index (χ4v) is 2.87. The van der Waals surface area contributed by atoms with E-state index in [0.29, 0.717) is 12.5 Å². The number of likely N-dealkylation sites (N-methyl/N-ethyl adjacent to an activating group) is 1. The first-order valence-electron chi connectivity index (χ1n) is 7.15. The van der Waals surface area contributed by atoms with Crippen LogP contribution < -0.4 is 0 Å². The number of nitrogens with zero attached hydrogens (tertiary/aromatic N) is 1.